The number of carbonyl (C=O) groups is 1. The van der Waals surface area contributed by atoms with Gasteiger partial charge in [0.05, 0.1) is 0 Å². The maximum absolute atomic E-state index is 11.7. The zero-order valence-corrected chi connectivity index (χ0v) is 18.3. The summed E-state index contributed by atoms with van der Waals surface area (Å²) in [5.74, 6) is 0.218. The van der Waals surface area contributed by atoms with Gasteiger partial charge in [-0.25, -0.2) is 0 Å². The molecule has 0 saturated carbocycles. The number of likely N-dealkylation sites (tertiary alicyclic amines) is 1. The van der Waals surface area contributed by atoms with Gasteiger partial charge in [-0.2, -0.15) is 0 Å². The number of hydrogen-bond acceptors (Lipinski definition) is 1. The third-order valence-electron chi connectivity index (χ3n) is 6.13. The predicted octanol–water partition coefficient (Wildman–Crippen LogP) is 6.03. The Hall–Kier alpha value is -2.09. The molecular formula is C26H35NO. The zero-order chi connectivity index (χ0) is 20.5. The summed E-state index contributed by atoms with van der Waals surface area (Å²) < 4.78 is 0. The van der Waals surface area contributed by atoms with Crippen LogP contribution in [0.1, 0.15) is 82.6 Å². The Morgan fingerprint density at radius 1 is 0.821 bits per heavy atom. The first kappa shape index (κ1) is 20.6. The van der Waals surface area contributed by atoms with Gasteiger partial charge < -0.3 is 4.90 Å². The highest BCUT2D eigenvalue weighted by atomic mass is 16.1. The molecule has 2 aromatic rings. The van der Waals surface area contributed by atoms with Crippen molar-refractivity contribution in [2.45, 2.75) is 77.2 Å². The van der Waals surface area contributed by atoms with Gasteiger partial charge in [-0.1, -0.05) is 90.1 Å². The second kappa shape index (κ2) is 7.73. The van der Waals surface area contributed by atoms with E-state index in [1.54, 1.807) is 0 Å². The van der Waals surface area contributed by atoms with E-state index in [0.29, 0.717) is 0 Å². The minimum Gasteiger partial charge on any atom is -0.341 e. The van der Waals surface area contributed by atoms with Crippen molar-refractivity contribution >= 4 is 6.41 Å². The number of benzene rings is 2. The number of amides is 1. The molecular weight excluding hydrogens is 342 g/mol. The molecule has 0 unspecified atom stereocenters. The molecule has 1 amide bonds. The van der Waals surface area contributed by atoms with Crippen LogP contribution in [0.4, 0.5) is 0 Å². The first-order valence-corrected chi connectivity index (χ1v) is 10.5. The Morgan fingerprint density at radius 2 is 1.25 bits per heavy atom. The minimum absolute atomic E-state index is 0.143. The molecule has 1 atom stereocenters. The Labute approximate surface area is 171 Å². The van der Waals surface area contributed by atoms with Crippen molar-refractivity contribution in [3.05, 3.63) is 70.8 Å². The van der Waals surface area contributed by atoms with E-state index in [1.165, 1.54) is 22.3 Å². The number of hydrogen-bond donors (Lipinski definition) is 0. The summed E-state index contributed by atoms with van der Waals surface area (Å²) >= 11 is 0. The van der Waals surface area contributed by atoms with Crippen LogP contribution in [0.5, 0.6) is 0 Å². The number of carbonyl (C=O) groups excluding carboxylic acids is 1. The number of nitrogens with zero attached hydrogens (tertiary/aromatic N) is 1. The Bertz CT molecular complexity index is 733. The predicted molar refractivity (Wildman–Crippen MR) is 118 cm³/mol. The van der Waals surface area contributed by atoms with Crippen molar-refractivity contribution < 1.29 is 4.79 Å². The van der Waals surface area contributed by atoms with Crippen molar-refractivity contribution in [2.75, 3.05) is 6.54 Å². The highest BCUT2D eigenvalue weighted by molar-refractivity contribution is 5.50. The van der Waals surface area contributed by atoms with Crippen LogP contribution < -0.4 is 0 Å². The first-order chi connectivity index (χ1) is 13.1. The van der Waals surface area contributed by atoms with Gasteiger partial charge in [-0.3, -0.25) is 4.79 Å². The van der Waals surface area contributed by atoms with Crippen molar-refractivity contribution in [1.29, 1.82) is 0 Å². The van der Waals surface area contributed by atoms with Gasteiger partial charge in [-0.15, -0.1) is 0 Å². The van der Waals surface area contributed by atoms with Crippen LogP contribution in [0.15, 0.2) is 48.5 Å². The monoisotopic (exact) mass is 377 g/mol. The van der Waals surface area contributed by atoms with Crippen molar-refractivity contribution in [3.63, 3.8) is 0 Å². The van der Waals surface area contributed by atoms with Gasteiger partial charge in [0.2, 0.25) is 6.41 Å². The number of rotatable bonds is 4. The summed E-state index contributed by atoms with van der Waals surface area (Å²) in [6.45, 7) is 14.3. The molecule has 0 bridgehead atoms. The van der Waals surface area contributed by atoms with E-state index in [0.717, 1.165) is 25.8 Å². The highest BCUT2D eigenvalue weighted by Gasteiger charge is 2.33. The zero-order valence-electron chi connectivity index (χ0n) is 18.3. The molecule has 2 nitrogen and oxygen atoms in total. The van der Waals surface area contributed by atoms with E-state index in [1.807, 2.05) is 4.90 Å². The lowest BCUT2D eigenvalue weighted by atomic mass is 9.80. The molecule has 2 aromatic carbocycles. The summed E-state index contributed by atoms with van der Waals surface area (Å²) in [5.41, 5.74) is 5.58. The smallest absolute Gasteiger partial charge is 0.209 e. The average molecular weight is 378 g/mol. The first-order valence-electron chi connectivity index (χ1n) is 10.5. The third-order valence-corrected chi connectivity index (χ3v) is 6.13. The largest absolute Gasteiger partial charge is 0.341 e. The van der Waals surface area contributed by atoms with Crippen molar-refractivity contribution in [2.24, 2.45) is 0 Å². The molecule has 1 heterocycles. The standard InChI is InChI=1S/C26H35NO/c1-25(2,3)21-13-9-19(10-14-21)24(23-8-7-17-27(23)18-28)20-11-15-22(16-12-20)26(4,5)6/h9-16,18,23-24H,7-8,17H2,1-6H3/t23-/m0/s1. The molecule has 1 aliphatic rings. The Kier molecular flexibility index (Phi) is 5.70. The molecule has 0 N–H and O–H groups in total. The van der Waals surface area contributed by atoms with Crippen LogP contribution in [0.3, 0.4) is 0 Å². The van der Waals surface area contributed by atoms with Gasteiger partial charge >= 0.3 is 0 Å². The third kappa shape index (κ3) is 4.32. The fourth-order valence-corrected chi connectivity index (χ4v) is 4.32. The molecule has 2 heteroatoms. The normalized spacial score (nSPS) is 18.0. The van der Waals surface area contributed by atoms with Gasteiger partial charge in [0, 0.05) is 18.5 Å². The van der Waals surface area contributed by atoms with Crippen LogP contribution in [0.2, 0.25) is 0 Å². The molecule has 0 aliphatic carbocycles. The van der Waals surface area contributed by atoms with Crippen LogP contribution in [-0.4, -0.2) is 23.9 Å². The van der Waals surface area contributed by atoms with Crippen molar-refractivity contribution in [1.82, 2.24) is 4.90 Å². The molecule has 28 heavy (non-hydrogen) atoms. The van der Waals surface area contributed by atoms with Gasteiger partial charge in [0.1, 0.15) is 0 Å². The fraction of sp³-hybridized carbons (Fsp3) is 0.500. The minimum atomic E-state index is 0.143. The summed E-state index contributed by atoms with van der Waals surface area (Å²) in [6.07, 6.45) is 3.18. The molecule has 3 rings (SSSR count). The van der Waals surface area contributed by atoms with Crippen LogP contribution in [0, 0.1) is 0 Å². The molecule has 1 aliphatic heterocycles. The van der Waals surface area contributed by atoms with E-state index in [-0.39, 0.29) is 22.8 Å². The topological polar surface area (TPSA) is 20.3 Å². The van der Waals surface area contributed by atoms with Crippen LogP contribution in [-0.2, 0) is 15.6 Å². The van der Waals surface area contributed by atoms with E-state index >= 15 is 0 Å². The molecule has 150 valence electrons. The second-order valence-electron chi connectivity index (χ2n) is 10.3. The molecule has 0 aromatic heterocycles. The van der Waals surface area contributed by atoms with Crippen LogP contribution in [0.25, 0.3) is 0 Å². The summed E-state index contributed by atoms with van der Waals surface area (Å²) in [5, 5.41) is 0. The molecule has 1 saturated heterocycles. The quantitative estimate of drug-likeness (QED) is 0.595. The summed E-state index contributed by atoms with van der Waals surface area (Å²) in [6, 6.07) is 18.3. The second-order valence-corrected chi connectivity index (χ2v) is 10.3. The maximum atomic E-state index is 11.7. The van der Waals surface area contributed by atoms with E-state index in [2.05, 4.69) is 90.1 Å². The van der Waals surface area contributed by atoms with E-state index < -0.39 is 0 Å². The maximum Gasteiger partial charge on any atom is 0.209 e. The van der Waals surface area contributed by atoms with Gasteiger partial charge in [-0.05, 0) is 45.9 Å². The Balaban J connectivity index is 2.02. The molecule has 0 radical (unpaired) electrons. The highest BCUT2D eigenvalue weighted by Crippen LogP contribution is 2.37. The SMILES string of the molecule is CC(C)(C)c1ccc(C(c2ccc(C(C)(C)C)cc2)[C@@H]2CCCN2C=O)cc1. The van der Waals surface area contributed by atoms with Gasteiger partial charge in [0.15, 0.2) is 0 Å². The van der Waals surface area contributed by atoms with E-state index in [4.69, 9.17) is 0 Å². The average Bonchev–Trinajstić information content (AvgIpc) is 3.10. The molecule has 0 spiro atoms. The lowest BCUT2D eigenvalue weighted by Gasteiger charge is -2.31. The van der Waals surface area contributed by atoms with Gasteiger partial charge in [0.25, 0.3) is 0 Å². The lowest BCUT2D eigenvalue weighted by molar-refractivity contribution is -0.119. The Morgan fingerprint density at radius 3 is 1.61 bits per heavy atom. The molecule has 1 fully saturated rings. The van der Waals surface area contributed by atoms with E-state index in [9.17, 15) is 4.79 Å². The fourth-order valence-electron chi connectivity index (χ4n) is 4.32. The van der Waals surface area contributed by atoms with Crippen molar-refractivity contribution in [3.8, 4) is 0 Å². The lowest BCUT2D eigenvalue weighted by Crippen LogP contribution is -2.34. The summed E-state index contributed by atoms with van der Waals surface area (Å²) in [7, 11) is 0. The van der Waals surface area contributed by atoms with Crippen LogP contribution >= 0.6 is 0 Å². The summed E-state index contributed by atoms with van der Waals surface area (Å²) in [4.78, 5) is 13.7.